The number of urea groups is 1. The molecule has 0 saturated heterocycles. The summed E-state index contributed by atoms with van der Waals surface area (Å²) >= 11 is 0. The summed E-state index contributed by atoms with van der Waals surface area (Å²) in [6, 6.07) is 11.9. The van der Waals surface area contributed by atoms with Crippen molar-refractivity contribution in [3.8, 4) is 17.4 Å². The lowest BCUT2D eigenvalue weighted by Gasteiger charge is -2.14. The van der Waals surface area contributed by atoms with E-state index in [1.54, 1.807) is 18.2 Å². The van der Waals surface area contributed by atoms with Crippen molar-refractivity contribution in [1.82, 2.24) is 9.97 Å². The van der Waals surface area contributed by atoms with Gasteiger partial charge in [-0.3, -0.25) is 0 Å². The molecule has 7 heteroatoms. The number of hydrogen-bond acceptors (Lipinski definition) is 5. The molecule has 0 aliphatic carbocycles. The largest absolute Gasteiger partial charge is 0.494 e. The minimum Gasteiger partial charge on any atom is -0.494 e. The first-order chi connectivity index (χ1) is 11.2. The number of rotatable bonds is 4. The lowest BCUT2D eigenvalue weighted by atomic mass is 10.2. The van der Waals surface area contributed by atoms with E-state index in [0.29, 0.717) is 23.1 Å². The maximum Gasteiger partial charge on any atom is 0.316 e. The monoisotopic (exact) mass is 310 g/mol. The van der Waals surface area contributed by atoms with Crippen LogP contribution in [0.4, 0.5) is 10.5 Å². The Hall–Kier alpha value is -3.35. The molecular weight excluding hydrogens is 296 g/mol. The van der Waals surface area contributed by atoms with Crippen LogP contribution in [0.1, 0.15) is 0 Å². The third-order valence-corrected chi connectivity index (χ3v) is 3.17. The molecule has 116 valence electrons. The minimum atomic E-state index is -0.716. The number of amides is 2. The zero-order valence-electron chi connectivity index (χ0n) is 12.3. The highest BCUT2D eigenvalue weighted by atomic mass is 16.5. The standard InChI is InChI=1S/C16H14N4O3/c1-22-12-7-4-8-13(14(12)20-16(17)21)23-15-10-5-2-3-6-11(10)18-9-19-15/h2-9H,1H3,(H3,17,20,21). The Morgan fingerprint density at radius 1 is 1.09 bits per heavy atom. The SMILES string of the molecule is COc1cccc(Oc2ncnc3ccccc23)c1NC(N)=O. The highest BCUT2D eigenvalue weighted by molar-refractivity contribution is 5.92. The molecule has 23 heavy (non-hydrogen) atoms. The van der Waals surface area contributed by atoms with Crippen molar-refractivity contribution >= 4 is 22.6 Å². The predicted molar refractivity (Wildman–Crippen MR) is 85.8 cm³/mol. The van der Waals surface area contributed by atoms with E-state index >= 15 is 0 Å². The topological polar surface area (TPSA) is 99.4 Å². The lowest BCUT2D eigenvalue weighted by Crippen LogP contribution is -2.20. The van der Waals surface area contributed by atoms with Gasteiger partial charge in [-0.1, -0.05) is 18.2 Å². The summed E-state index contributed by atoms with van der Waals surface area (Å²) in [5.74, 6) is 1.17. The smallest absolute Gasteiger partial charge is 0.316 e. The Kier molecular flexibility index (Phi) is 3.92. The molecule has 0 aliphatic rings. The van der Waals surface area contributed by atoms with Crippen LogP contribution >= 0.6 is 0 Å². The molecular formula is C16H14N4O3. The van der Waals surface area contributed by atoms with Crippen LogP contribution in [0, 0.1) is 0 Å². The molecule has 0 bridgehead atoms. The summed E-state index contributed by atoms with van der Waals surface area (Å²) in [6.45, 7) is 0. The van der Waals surface area contributed by atoms with E-state index in [2.05, 4.69) is 15.3 Å². The fraction of sp³-hybridized carbons (Fsp3) is 0.0625. The third kappa shape index (κ3) is 2.98. The Morgan fingerprint density at radius 2 is 1.87 bits per heavy atom. The second kappa shape index (κ2) is 6.18. The van der Waals surface area contributed by atoms with Crippen LogP contribution in [0.15, 0.2) is 48.8 Å². The van der Waals surface area contributed by atoms with Crippen LogP contribution in [0.25, 0.3) is 10.9 Å². The first-order valence-electron chi connectivity index (χ1n) is 6.80. The molecule has 0 spiro atoms. The van der Waals surface area contributed by atoms with Crippen LogP contribution in [0.5, 0.6) is 17.4 Å². The van der Waals surface area contributed by atoms with Crippen molar-refractivity contribution in [3.05, 3.63) is 48.8 Å². The van der Waals surface area contributed by atoms with E-state index < -0.39 is 6.03 Å². The van der Waals surface area contributed by atoms with Gasteiger partial charge in [-0.25, -0.2) is 14.8 Å². The van der Waals surface area contributed by atoms with E-state index in [1.165, 1.54) is 13.4 Å². The number of benzene rings is 2. The van der Waals surface area contributed by atoms with Crippen molar-refractivity contribution < 1.29 is 14.3 Å². The number of primary amides is 1. The summed E-state index contributed by atoms with van der Waals surface area (Å²) in [6.07, 6.45) is 1.42. The van der Waals surface area contributed by atoms with E-state index in [9.17, 15) is 4.79 Å². The van der Waals surface area contributed by atoms with Crippen molar-refractivity contribution in [2.24, 2.45) is 5.73 Å². The number of methoxy groups -OCH3 is 1. The van der Waals surface area contributed by atoms with Crippen LogP contribution in [-0.2, 0) is 0 Å². The molecule has 1 heterocycles. The van der Waals surface area contributed by atoms with Crippen molar-refractivity contribution in [1.29, 1.82) is 0 Å². The number of nitrogens with two attached hydrogens (primary N) is 1. The highest BCUT2D eigenvalue weighted by Crippen LogP contribution is 2.37. The first kappa shape index (κ1) is 14.6. The fourth-order valence-electron chi connectivity index (χ4n) is 2.18. The van der Waals surface area contributed by atoms with Crippen LogP contribution in [0.3, 0.4) is 0 Å². The summed E-state index contributed by atoms with van der Waals surface area (Å²) in [5, 5.41) is 3.26. The third-order valence-electron chi connectivity index (χ3n) is 3.17. The zero-order valence-corrected chi connectivity index (χ0v) is 12.3. The van der Waals surface area contributed by atoms with Gasteiger partial charge >= 0.3 is 6.03 Å². The van der Waals surface area contributed by atoms with E-state index in [4.69, 9.17) is 15.2 Å². The van der Waals surface area contributed by atoms with Gasteiger partial charge in [0.2, 0.25) is 5.88 Å². The molecule has 1 aromatic heterocycles. The molecule has 0 radical (unpaired) electrons. The van der Waals surface area contributed by atoms with Gasteiger partial charge in [0.15, 0.2) is 5.75 Å². The van der Waals surface area contributed by atoms with E-state index in [1.807, 2.05) is 24.3 Å². The number of carbonyl (C=O) groups is 1. The van der Waals surface area contributed by atoms with Gasteiger partial charge in [0.25, 0.3) is 0 Å². The number of anilines is 1. The van der Waals surface area contributed by atoms with Gasteiger partial charge in [-0.05, 0) is 24.3 Å². The minimum absolute atomic E-state index is 0.338. The number of aromatic nitrogens is 2. The van der Waals surface area contributed by atoms with E-state index in [0.717, 1.165) is 10.9 Å². The summed E-state index contributed by atoms with van der Waals surface area (Å²) in [5.41, 5.74) is 6.31. The van der Waals surface area contributed by atoms with Gasteiger partial charge in [-0.2, -0.15) is 0 Å². The summed E-state index contributed by atoms with van der Waals surface area (Å²) in [7, 11) is 1.49. The normalized spacial score (nSPS) is 10.3. The Balaban J connectivity index is 2.06. The predicted octanol–water partition coefficient (Wildman–Crippen LogP) is 2.92. The van der Waals surface area contributed by atoms with Gasteiger partial charge in [0.05, 0.1) is 18.0 Å². The van der Waals surface area contributed by atoms with Gasteiger partial charge in [0.1, 0.15) is 17.8 Å². The quantitative estimate of drug-likeness (QED) is 0.772. The number of nitrogens with zero attached hydrogens (tertiary/aromatic N) is 2. The molecule has 7 nitrogen and oxygen atoms in total. The van der Waals surface area contributed by atoms with Gasteiger partial charge < -0.3 is 20.5 Å². The zero-order chi connectivity index (χ0) is 16.2. The molecule has 0 saturated carbocycles. The molecule has 0 unspecified atom stereocenters. The number of nitrogens with one attached hydrogen (secondary N) is 1. The average Bonchev–Trinajstić information content (AvgIpc) is 2.56. The molecule has 2 amide bonds. The second-order valence-electron chi connectivity index (χ2n) is 4.62. The number of hydrogen-bond donors (Lipinski definition) is 2. The Morgan fingerprint density at radius 3 is 2.65 bits per heavy atom. The summed E-state index contributed by atoms with van der Waals surface area (Å²) < 4.78 is 11.1. The second-order valence-corrected chi connectivity index (χ2v) is 4.62. The molecule has 2 aromatic carbocycles. The highest BCUT2D eigenvalue weighted by Gasteiger charge is 2.14. The van der Waals surface area contributed by atoms with Crippen LogP contribution in [0.2, 0.25) is 0 Å². The molecule has 0 fully saturated rings. The molecule has 3 N–H and O–H groups in total. The van der Waals surface area contributed by atoms with Crippen LogP contribution in [-0.4, -0.2) is 23.1 Å². The number of carbonyl (C=O) groups excluding carboxylic acids is 1. The maximum atomic E-state index is 11.2. The molecule has 3 rings (SSSR count). The Bertz CT molecular complexity index is 862. The van der Waals surface area contributed by atoms with Crippen molar-refractivity contribution in [2.75, 3.05) is 12.4 Å². The number of fused-ring (bicyclic) bond motifs is 1. The first-order valence-corrected chi connectivity index (χ1v) is 6.80. The summed E-state index contributed by atoms with van der Waals surface area (Å²) in [4.78, 5) is 19.6. The van der Waals surface area contributed by atoms with Gasteiger partial charge in [0, 0.05) is 0 Å². The fourth-order valence-corrected chi connectivity index (χ4v) is 2.18. The number of para-hydroxylation sites is 2. The van der Waals surface area contributed by atoms with Crippen molar-refractivity contribution in [2.45, 2.75) is 0 Å². The maximum absolute atomic E-state index is 11.2. The lowest BCUT2D eigenvalue weighted by molar-refractivity contribution is 0.259. The molecule has 3 aromatic rings. The van der Waals surface area contributed by atoms with Crippen molar-refractivity contribution in [3.63, 3.8) is 0 Å². The van der Waals surface area contributed by atoms with Crippen LogP contribution < -0.4 is 20.5 Å². The number of ether oxygens (including phenoxy) is 2. The van der Waals surface area contributed by atoms with E-state index in [-0.39, 0.29) is 0 Å². The Labute approximate surface area is 132 Å². The van der Waals surface area contributed by atoms with Gasteiger partial charge in [-0.15, -0.1) is 0 Å². The molecule has 0 aliphatic heterocycles. The molecule has 0 atom stereocenters. The average molecular weight is 310 g/mol.